The van der Waals surface area contributed by atoms with Gasteiger partial charge >= 0.3 is 6.03 Å². The van der Waals surface area contributed by atoms with E-state index in [1.165, 1.54) is 0 Å². The van der Waals surface area contributed by atoms with Gasteiger partial charge in [0.2, 0.25) is 0 Å². The first-order valence-electron chi connectivity index (χ1n) is 8.64. The fourth-order valence-electron chi connectivity index (χ4n) is 3.50. The third kappa shape index (κ3) is 3.20. The molecule has 2 N–H and O–H groups in total. The molecule has 0 aliphatic carbocycles. The first-order valence-corrected chi connectivity index (χ1v) is 8.64. The fraction of sp³-hybridized carbons (Fsp3) is 0.316. The highest BCUT2D eigenvalue weighted by atomic mass is 16.2. The number of aromatic nitrogens is 3. The van der Waals surface area contributed by atoms with Gasteiger partial charge in [-0.2, -0.15) is 0 Å². The predicted octanol–water partition coefficient (Wildman–Crippen LogP) is 4.03. The van der Waals surface area contributed by atoms with Crippen LogP contribution in [-0.2, 0) is 0 Å². The molecule has 0 saturated carbocycles. The number of H-pyrrole nitrogens is 1. The molecule has 1 saturated heterocycles. The molecule has 2 aromatic heterocycles. The number of rotatable bonds is 2. The van der Waals surface area contributed by atoms with Crippen LogP contribution >= 0.6 is 0 Å². The summed E-state index contributed by atoms with van der Waals surface area (Å²) in [5, 5.41) is 3.03. The number of carbonyl (C=O) groups is 1. The molecule has 1 aliphatic rings. The maximum Gasteiger partial charge on any atom is 0.322 e. The highest BCUT2D eigenvalue weighted by molar-refractivity contribution is 5.92. The van der Waals surface area contributed by atoms with E-state index in [2.05, 4.69) is 20.3 Å². The van der Waals surface area contributed by atoms with Gasteiger partial charge in [-0.05, 0) is 56.0 Å². The van der Waals surface area contributed by atoms with E-state index in [4.69, 9.17) is 0 Å². The quantitative estimate of drug-likeness (QED) is 0.742. The van der Waals surface area contributed by atoms with Gasteiger partial charge in [-0.1, -0.05) is 6.07 Å². The number of hydrogen-bond acceptors (Lipinski definition) is 3. The van der Waals surface area contributed by atoms with E-state index in [0.717, 1.165) is 53.9 Å². The number of amides is 2. The van der Waals surface area contributed by atoms with Crippen molar-refractivity contribution in [1.29, 1.82) is 0 Å². The lowest BCUT2D eigenvalue weighted by molar-refractivity contribution is 0.163. The fourth-order valence-corrected chi connectivity index (χ4v) is 3.50. The van der Waals surface area contributed by atoms with Crippen molar-refractivity contribution in [3.63, 3.8) is 0 Å². The lowest BCUT2D eigenvalue weighted by Gasteiger charge is -2.35. The van der Waals surface area contributed by atoms with Gasteiger partial charge in [0.05, 0.1) is 17.1 Å². The summed E-state index contributed by atoms with van der Waals surface area (Å²) in [6.07, 6.45) is 6.75. The van der Waals surface area contributed by atoms with Crippen LogP contribution in [0.4, 0.5) is 10.5 Å². The molecule has 3 aromatic rings. The van der Waals surface area contributed by atoms with E-state index < -0.39 is 0 Å². The van der Waals surface area contributed by atoms with Gasteiger partial charge in [0.15, 0.2) is 0 Å². The zero-order valence-electron chi connectivity index (χ0n) is 14.2. The normalized spacial score (nSPS) is 17.6. The van der Waals surface area contributed by atoms with Crippen molar-refractivity contribution >= 4 is 22.8 Å². The molecule has 25 heavy (non-hydrogen) atoms. The summed E-state index contributed by atoms with van der Waals surface area (Å²) in [5.41, 5.74) is 3.70. The average Bonchev–Trinajstić information content (AvgIpc) is 3.02. The lowest BCUT2D eigenvalue weighted by atomic mass is 9.97. The Morgan fingerprint density at radius 2 is 2.24 bits per heavy atom. The second-order valence-electron chi connectivity index (χ2n) is 6.48. The molecule has 0 spiro atoms. The van der Waals surface area contributed by atoms with Crippen LogP contribution in [0.15, 0.2) is 42.7 Å². The molecule has 1 aromatic carbocycles. The Labute approximate surface area is 146 Å². The molecule has 4 rings (SSSR count). The van der Waals surface area contributed by atoms with E-state index in [0.29, 0.717) is 0 Å². The maximum atomic E-state index is 12.9. The number of carbonyl (C=O) groups excluding carboxylic acids is 1. The Balaban J connectivity index is 1.55. The molecule has 1 aliphatic heterocycles. The molecule has 3 heterocycles. The zero-order valence-corrected chi connectivity index (χ0v) is 14.2. The van der Waals surface area contributed by atoms with Crippen LogP contribution in [0.2, 0.25) is 0 Å². The van der Waals surface area contributed by atoms with Crippen molar-refractivity contribution in [1.82, 2.24) is 19.9 Å². The van der Waals surface area contributed by atoms with E-state index in [1.807, 2.05) is 48.4 Å². The van der Waals surface area contributed by atoms with E-state index in [-0.39, 0.29) is 12.1 Å². The number of pyridine rings is 1. The Kier molecular flexibility index (Phi) is 4.09. The molecule has 0 unspecified atom stereocenters. The minimum atomic E-state index is -0.0656. The number of piperidine rings is 1. The summed E-state index contributed by atoms with van der Waals surface area (Å²) in [6.45, 7) is 2.68. The summed E-state index contributed by atoms with van der Waals surface area (Å²) in [4.78, 5) is 26.6. The number of hydrogen-bond donors (Lipinski definition) is 2. The zero-order chi connectivity index (χ0) is 17.2. The Morgan fingerprint density at radius 1 is 1.32 bits per heavy atom. The average molecular weight is 335 g/mol. The van der Waals surface area contributed by atoms with E-state index >= 15 is 0 Å². The number of aromatic amines is 1. The first kappa shape index (κ1) is 15.6. The van der Waals surface area contributed by atoms with E-state index in [1.54, 1.807) is 6.20 Å². The standard InChI is InChI=1S/C19H21N5O/c1-13-21-16-8-7-15(11-17(16)22-13)23-19(25)24-10-3-2-6-18(24)14-5-4-9-20-12-14/h4-5,7-9,11-12,18H,2-3,6,10H2,1H3,(H,21,22)(H,23,25)/t18-/m0/s1. The first-order chi connectivity index (χ1) is 12.2. The number of benzene rings is 1. The van der Waals surface area contributed by atoms with Gasteiger partial charge in [0, 0.05) is 24.6 Å². The number of nitrogens with one attached hydrogen (secondary N) is 2. The second-order valence-corrected chi connectivity index (χ2v) is 6.48. The van der Waals surface area contributed by atoms with Gasteiger partial charge in [-0.25, -0.2) is 9.78 Å². The molecule has 6 nitrogen and oxygen atoms in total. The summed E-state index contributed by atoms with van der Waals surface area (Å²) in [6, 6.07) is 9.73. The van der Waals surface area contributed by atoms with E-state index in [9.17, 15) is 4.79 Å². The highest BCUT2D eigenvalue weighted by Crippen LogP contribution is 2.31. The molecule has 2 amide bonds. The van der Waals surface area contributed by atoms with Gasteiger partial charge in [0.25, 0.3) is 0 Å². The number of imidazole rings is 1. The van der Waals surface area contributed by atoms with Crippen molar-refractivity contribution in [2.75, 3.05) is 11.9 Å². The number of nitrogens with zero attached hydrogens (tertiary/aromatic N) is 3. The number of urea groups is 1. The summed E-state index contributed by atoms with van der Waals surface area (Å²) >= 11 is 0. The minimum absolute atomic E-state index is 0.0656. The third-order valence-electron chi connectivity index (χ3n) is 4.68. The van der Waals surface area contributed by atoms with Gasteiger partial charge in [-0.15, -0.1) is 0 Å². The second kappa shape index (κ2) is 6.55. The van der Waals surface area contributed by atoms with Crippen LogP contribution in [0, 0.1) is 6.92 Å². The van der Waals surface area contributed by atoms with Crippen LogP contribution < -0.4 is 5.32 Å². The van der Waals surface area contributed by atoms with Crippen molar-refractivity contribution < 1.29 is 4.79 Å². The molecule has 0 radical (unpaired) electrons. The predicted molar refractivity (Wildman–Crippen MR) is 97.4 cm³/mol. The third-order valence-corrected chi connectivity index (χ3v) is 4.68. The van der Waals surface area contributed by atoms with Crippen LogP contribution in [0.3, 0.4) is 0 Å². The molecule has 128 valence electrons. The molecular weight excluding hydrogens is 314 g/mol. The SMILES string of the molecule is Cc1nc2ccc(NC(=O)N3CCCC[C@H]3c3cccnc3)cc2[nH]1. The van der Waals surface area contributed by atoms with Crippen molar-refractivity contribution in [2.45, 2.75) is 32.2 Å². The van der Waals surface area contributed by atoms with Crippen LogP contribution in [0.5, 0.6) is 0 Å². The lowest BCUT2D eigenvalue weighted by Crippen LogP contribution is -2.41. The number of fused-ring (bicyclic) bond motifs is 1. The van der Waals surface area contributed by atoms with Crippen molar-refractivity contribution in [2.24, 2.45) is 0 Å². The monoisotopic (exact) mass is 335 g/mol. The van der Waals surface area contributed by atoms with Crippen LogP contribution in [0.1, 0.15) is 36.7 Å². The maximum absolute atomic E-state index is 12.9. The summed E-state index contributed by atoms with van der Waals surface area (Å²) in [5.74, 6) is 0.867. The van der Waals surface area contributed by atoms with Crippen molar-refractivity contribution in [3.05, 3.63) is 54.1 Å². The van der Waals surface area contributed by atoms with Crippen molar-refractivity contribution in [3.8, 4) is 0 Å². The Morgan fingerprint density at radius 3 is 3.08 bits per heavy atom. The molecule has 1 fully saturated rings. The molecule has 6 heteroatoms. The Bertz CT molecular complexity index is 889. The number of likely N-dealkylation sites (tertiary alicyclic amines) is 1. The molecular formula is C19H21N5O. The van der Waals surface area contributed by atoms with Gasteiger partial charge in [0.1, 0.15) is 5.82 Å². The topological polar surface area (TPSA) is 73.9 Å². The number of anilines is 1. The summed E-state index contributed by atoms with van der Waals surface area (Å²) < 4.78 is 0. The molecule has 0 bridgehead atoms. The largest absolute Gasteiger partial charge is 0.342 e. The highest BCUT2D eigenvalue weighted by Gasteiger charge is 2.28. The minimum Gasteiger partial charge on any atom is -0.342 e. The van der Waals surface area contributed by atoms with Gasteiger partial charge in [-0.3, -0.25) is 4.98 Å². The van der Waals surface area contributed by atoms with Crippen LogP contribution in [-0.4, -0.2) is 32.4 Å². The van der Waals surface area contributed by atoms with Crippen LogP contribution in [0.25, 0.3) is 11.0 Å². The smallest absolute Gasteiger partial charge is 0.322 e. The van der Waals surface area contributed by atoms with Gasteiger partial charge < -0.3 is 15.2 Å². The Hall–Kier alpha value is -2.89. The molecule has 1 atom stereocenters. The number of aryl methyl sites for hydroxylation is 1. The summed E-state index contributed by atoms with van der Waals surface area (Å²) in [7, 11) is 0.